The van der Waals surface area contributed by atoms with Gasteiger partial charge in [-0.15, -0.1) is 0 Å². The molecule has 4 aromatic rings. The van der Waals surface area contributed by atoms with Crippen molar-refractivity contribution in [1.82, 2.24) is 14.5 Å². The lowest BCUT2D eigenvalue weighted by Crippen LogP contribution is -2.28. The predicted octanol–water partition coefficient (Wildman–Crippen LogP) is 6.94. The van der Waals surface area contributed by atoms with Crippen molar-refractivity contribution in [3.05, 3.63) is 70.1 Å². The third-order valence-corrected chi connectivity index (χ3v) is 9.09. The van der Waals surface area contributed by atoms with Crippen LogP contribution in [0.15, 0.2) is 53.2 Å². The van der Waals surface area contributed by atoms with Gasteiger partial charge in [-0.05, 0) is 55.8 Å². The van der Waals surface area contributed by atoms with Crippen molar-refractivity contribution in [1.29, 1.82) is 0 Å². The fraction of sp³-hybridized carbons (Fsp3) is 0.379. The summed E-state index contributed by atoms with van der Waals surface area (Å²) in [6, 6.07) is 11.2. The van der Waals surface area contributed by atoms with Crippen LogP contribution in [0, 0.1) is 6.92 Å². The Balaban J connectivity index is 1.98. The van der Waals surface area contributed by atoms with Gasteiger partial charge in [-0.1, -0.05) is 41.6 Å². The maximum absolute atomic E-state index is 12.3. The number of ether oxygens (including phenoxy) is 3. The SMILES string of the molecule is COC(=O)C=CC(C)(c1c(OC)cc(C)c2[nH]ccc12)c1nc2cc(Br)ccc2n1COCC[Si](C)(C)C. The molecule has 0 saturated heterocycles. The van der Waals surface area contributed by atoms with Crippen LogP contribution in [0.25, 0.3) is 21.9 Å². The highest BCUT2D eigenvalue weighted by atomic mass is 79.9. The molecule has 4 rings (SSSR count). The van der Waals surface area contributed by atoms with Crippen LogP contribution in [0.4, 0.5) is 0 Å². The summed E-state index contributed by atoms with van der Waals surface area (Å²) in [5.74, 6) is 1.01. The summed E-state index contributed by atoms with van der Waals surface area (Å²) in [7, 11) is 1.79. The molecule has 0 amide bonds. The van der Waals surface area contributed by atoms with E-state index >= 15 is 0 Å². The first-order valence-electron chi connectivity index (χ1n) is 12.6. The summed E-state index contributed by atoms with van der Waals surface area (Å²) in [6.45, 7) is 12.1. The third-order valence-electron chi connectivity index (χ3n) is 6.89. The topological polar surface area (TPSA) is 78.4 Å². The molecular weight excluding hydrogens is 562 g/mol. The third kappa shape index (κ3) is 5.60. The number of esters is 1. The molecule has 0 aliphatic heterocycles. The Labute approximate surface area is 233 Å². The first-order valence-corrected chi connectivity index (χ1v) is 17.1. The monoisotopic (exact) mass is 597 g/mol. The quantitative estimate of drug-likeness (QED) is 0.0926. The smallest absolute Gasteiger partial charge is 0.330 e. The minimum Gasteiger partial charge on any atom is -0.496 e. The fourth-order valence-corrected chi connectivity index (χ4v) is 5.92. The van der Waals surface area contributed by atoms with Crippen molar-refractivity contribution in [2.45, 2.75) is 51.7 Å². The molecule has 0 bridgehead atoms. The number of carbonyl (C=O) groups excluding carboxylic acids is 1. The lowest BCUT2D eigenvalue weighted by Gasteiger charge is -2.30. The number of allylic oxidation sites excluding steroid dienone is 1. The minimum atomic E-state index is -1.25. The second-order valence-corrected chi connectivity index (χ2v) is 17.5. The number of nitrogens with one attached hydrogen (secondary N) is 1. The van der Waals surface area contributed by atoms with Crippen LogP contribution in [0.3, 0.4) is 0 Å². The number of rotatable bonds is 10. The molecule has 9 heteroatoms. The molecule has 0 spiro atoms. The Morgan fingerprint density at radius 1 is 1.21 bits per heavy atom. The summed E-state index contributed by atoms with van der Waals surface area (Å²) in [4.78, 5) is 20.8. The van der Waals surface area contributed by atoms with E-state index in [1.165, 1.54) is 13.2 Å². The van der Waals surface area contributed by atoms with E-state index in [4.69, 9.17) is 19.2 Å². The summed E-state index contributed by atoms with van der Waals surface area (Å²) in [5.41, 5.74) is 3.89. The highest BCUT2D eigenvalue weighted by Gasteiger charge is 2.37. The van der Waals surface area contributed by atoms with Gasteiger partial charge in [0.25, 0.3) is 0 Å². The standard InChI is InChI=1S/C29H36BrN3O4Si/c1-19-16-24(35-3)26(21-11-13-31-27(19)21)29(2,12-10-25(34)36-4)28-32-22-17-20(30)8-9-23(22)33(28)18-37-14-15-38(5,6)7/h8-13,16-17,31H,14-15,18H2,1-7H3. The molecule has 38 heavy (non-hydrogen) atoms. The summed E-state index contributed by atoms with van der Waals surface area (Å²) in [5, 5.41) is 0.998. The van der Waals surface area contributed by atoms with Crippen LogP contribution in [-0.4, -0.2) is 49.4 Å². The molecule has 0 fully saturated rings. The molecule has 1 atom stereocenters. The molecular formula is C29H36BrN3O4Si. The van der Waals surface area contributed by atoms with E-state index in [0.29, 0.717) is 19.1 Å². The minimum absolute atomic E-state index is 0.337. The lowest BCUT2D eigenvalue weighted by molar-refractivity contribution is -0.134. The number of nitrogens with zero attached hydrogens (tertiary/aromatic N) is 2. The molecule has 2 heterocycles. The van der Waals surface area contributed by atoms with Gasteiger partial charge in [0.2, 0.25) is 0 Å². The second-order valence-electron chi connectivity index (χ2n) is 10.9. The number of aryl methyl sites for hydroxylation is 1. The Bertz CT molecular complexity index is 1500. The lowest BCUT2D eigenvalue weighted by atomic mass is 9.78. The van der Waals surface area contributed by atoms with Crippen molar-refractivity contribution in [3.8, 4) is 5.75 Å². The largest absolute Gasteiger partial charge is 0.496 e. The number of hydrogen-bond acceptors (Lipinski definition) is 5. The van der Waals surface area contributed by atoms with Crippen molar-refractivity contribution in [2.24, 2.45) is 0 Å². The van der Waals surface area contributed by atoms with Gasteiger partial charge >= 0.3 is 5.97 Å². The molecule has 0 aliphatic rings. The number of aromatic nitrogens is 3. The van der Waals surface area contributed by atoms with Gasteiger partial charge in [-0.2, -0.15) is 0 Å². The van der Waals surface area contributed by atoms with Gasteiger partial charge in [0.15, 0.2) is 0 Å². The van der Waals surface area contributed by atoms with Crippen molar-refractivity contribution in [2.75, 3.05) is 20.8 Å². The number of imidazole rings is 1. The van der Waals surface area contributed by atoms with Crippen molar-refractivity contribution in [3.63, 3.8) is 0 Å². The van der Waals surface area contributed by atoms with E-state index in [-0.39, 0.29) is 0 Å². The molecule has 0 saturated carbocycles. The summed E-state index contributed by atoms with van der Waals surface area (Å²) >= 11 is 3.59. The van der Waals surface area contributed by atoms with E-state index in [2.05, 4.69) is 52.0 Å². The number of methoxy groups -OCH3 is 2. The predicted molar refractivity (Wildman–Crippen MR) is 159 cm³/mol. The van der Waals surface area contributed by atoms with Gasteiger partial charge in [-0.25, -0.2) is 9.78 Å². The summed E-state index contributed by atoms with van der Waals surface area (Å²) < 4.78 is 20.2. The normalized spacial score (nSPS) is 13.9. The van der Waals surface area contributed by atoms with E-state index < -0.39 is 19.5 Å². The average molecular weight is 599 g/mol. The molecule has 0 aliphatic carbocycles. The highest BCUT2D eigenvalue weighted by Crippen LogP contribution is 2.44. The number of benzene rings is 2. The van der Waals surface area contributed by atoms with E-state index in [0.717, 1.165) is 49.4 Å². The van der Waals surface area contributed by atoms with Crippen LogP contribution in [0.1, 0.15) is 23.9 Å². The second kappa shape index (κ2) is 11.1. The number of aromatic amines is 1. The van der Waals surface area contributed by atoms with Crippen LogP contribution in [0.2, 0.25) is 25.7 Å². The van der Waals surface area contributed by atoms with Crippen LogP contribution < -0.4 is 4.74 Å². The van der Waals surface area contributed by atoms with E-state index in [1.54, 1.807) is 7.11 Å². The first-order chi connectivity index (χ1) is 18.0. The Morgan fingerprint density at radius 3 is 2.66 bits per heavy atom. The fourth-order valence-electron chi connectivity index (χ4n) is 4.81. The number of halogens is 1. The van der Waals surface area contributed by atoms with Crippen LogP contribution in [-0.2, 0) is 26.4 Å². The zero-order valence-electron chi connectivity index (χ0n) is 23.1. The van der Waals surface area contributed by atoms with Gasteiger partial charge in [0, 0.05) is 47.9 Å². The zero-order valence-corrected chi connectivity index (χ0v) is 25.7. The van der Waals surface area contributed by atoms with Gasteiger partial charge in [-0.3, -0.25) is 0 Å². The van der Waals surface area contributed by atoms with E-state index in [9.17, 15) is 4.79 Å². The number of carbonyl (C=O) groups is 1. The van der Waals surface area contributed by atoms with Gasteiger partial charge in [0.05, 0.1) is 30.7 Å². The molecule has 7 nitrogen and oxygen atoms in total. The first kappa shape index (κ1) is 28.1. The average Bonchev–Trinajstić information content (AvgIpc) is 3.49. The summed E-state index contributed by atoms with van der Waals surface area (Å²) in [6.07, 6.45) is 5.24. The Kier molecular flexibility index (Phi) is 8.20. The Hall–Kier alpha value is -2.88. The van der Waals surface area contributed by atoms with E-state index in [1.807, 2.05) is 49.5 Å². The highest BCUT2D eigenvalue weighted by molar-refractivity contribution is 9.10. The molecule has 1 unspecified atom stereocenters. The molecule has 2 aromatic heterocycles. The van der Waals surface area contributed by atoms with Crippen molar-refractivity contribution >= 4 is 51.9 Å². The zero-order chi connectivity index (χ0) is 27.7. The Morgan fingerprint density at radius 2 is 1.97 bits per heavy atom. The molecule has 1 N–H and O–H groups in total. The van der Waals surface area contributed by atoms with Crippen LogP contribution in [0.5, 0.6) is 5.75 Å². The molecule has 202 valence electrons. The van der Waals surface area contributed by atoms with Crippen molar-refractivity contribution < 1.29 is 19.0 Å². The number of hydrogen-bond donors (Lipinski definition) is 1. The molecule has 2 aromatic carbocycles. The van der Waals surface area contributed by atoms with Gasteiger partial charge in [0.1, 0.15) is 18.3 Å². The number of H-pyrrole nitrogens is 1. The van der Waals surface area contributed by atoms with Gasteiger partial charge < -0.3 is 23.8 Å². The number of fused-ring (bicyclic) bond motifs is 2. The maximum Gasteiger partial charge on any atom is 0.330 e. The molecule has 0 radical (unpaired) electrons. The van der Waals surface area contributed by atoms with Crippen LogP contribution >= 0.6 is 15.9 Å². The maximum atomic E-state index is 12.3.